The SMILES string of the molecule is CCNC(c1ccc(Cl)c(Cl)c1)c1cc(F)c(F)cc1F. The maximum absolute atomic E-state index is 14.0. The molecule has 1 N–H and O–H groups in total. The number of hydrogen-bond acceptors (Lipinski definition) is 1. The summed E-state index contributed by atoms with van der Waals surface area (Å²) in [4.78, 5) is 0. The van der Waals surface area contributed by atoms with Gasteiger partial charge in [0.1, 0.15) is 5.82 Å². The van der Waals surface area contributed by atoms with Crippen LogP contribution >= 0.6 is 23.2 Å². The Hall–Kier alpha value is -1.23. The molecule has 1 unspecified atom stereocenters. The Labute approximate surface area is 130 Å². The average Bonchev–Trinajstić information content (AvgIpc) is 2.44. The molecule has 2 rings (SSSR count). The minimum Gasteiger partial charge on any atom is -0.306 e. The number of halogens is 5. The summed E-state index contributed by atoms with van der Waals surface area (Å²) in [6, 6.07) is 5.52. The molecule has 2 aromatic rings. The summed E-state index contributed by atoms with van der Waals surface area (Å²) >= 11 is 11.8. The molecule has 0 bridgehead atoms. The van der Waals surface area contributed by atoms with E-state index >= 15 is 0 Å². The maximum Gasteiger partial charge on any atom is 0.161 e. The van der Waals surface area contributed by atoms with Crippen LogP contribution in [0.5, 0.6) is 0 Å². The molecule has 0 aromatic heterocycles. The molecular formula is C15H12Cl2F3N. The Morgan fingerprint density at radius 2 is 1.62 bits per heavy atom. The molecule has 0 aliphatic heterocycles. The molecule has 21 heavy (non-hydrogen) atoms. The third kappa shape index (κ3) is 3.51. The largest absolute Gasteiger partial charge is 0.306 e. The van der Waals surface area contributed by atoms with E-state index in [1.54, 1.807) is 18.2 Å². The van der Waals surface area contributed by atoms with Crippen LogP contribution in [0.3, 0.4) is 0 Å². The van der Waals surface area contributed by atoms with Crippen LogP contribution in [0.15, 0.2) is 30.3 Å². The Morgan fingerprint density at radius 1 is 0.952 bits per heavy atom. The molecule has 1 atom stereocenters. The van der Waals surface area contributed by atoms with Crippen molar-refractivity contribution in [2.45, 2.75) is 13.0 Å². The maximum atomic E-state index is 14.0. The lowest BCUT2D eigenvalue weighted by Gasteiger charge is -2.20. The first-order valence-electron chi connectivity index (χ1n) is 6.26. The zero-order valence-electron chi connectivity index (χ0n) is 11.1. The van der Waals surface area contributed by atoms with E-state index in [1.807, 2.05) is 6.92 Å². The molecule has 6 heteroatoms. The second-order valence-electron chi connectivity index (χ2n) is 4.45. The first-order chi connectivity index (χ1) is 9.93. The lowest BCUT2D eigenvalue weighted by Crippen LogP contribution is -2.23. The van der Waals surface area contributed by atoms with Crippen LogP contribution in [0, 0.1) is 17.5 Å². The van der Waals surface area contributed by atoms with E-state index in [0.717, 1.165) is 6.07 Å². The van der Waals surface area contributed by atoms with Gasteiger partial charge in [-0.3, -0.25) is 0 Å². The van der Waals surface area contributed by atoms with E-state index in [1.165, 1.54) is 0 Å². The third-order valence-electron chi connectivity index (χ3n) is 3.04. The summed E-state index contributed by atoms with van der Waals surface area (Å²) in [5.41, 5.74) is 0.616. The van der Waals surface area contributed by atoms with E-state index in [-0.39, 0.29) is 5.56 Å². The molecule has 0 aliphatic carbocycles. The van der Waals surface area contributed by atoms with Gasteiger partial charge in [-0.05, 0) is 30.3 Å². The first kappa shape index (κ1) is 16.1. The molecule has 0 spiro atoms. The van der Waals surface area contributed by atoms with Gasteiger partial charge in [0.15, 0.2) is 11.6 Å². The molecule has 112 valence electrons. The highest BCUT2D eigenvalue weighted by Gasteiger charge is 2.20. The van der Waals surface area contributed by atoms with Gasteiger partial charge in [0.25, 0.3) is 0 Å². The molecule has 0 radical (unpaired) electrons. The third-order valence-corrected chi connectivity index (χ3v) is 3.77. The van der Waals surface area contributed by atoms with Gasteiger partial charge in [0.05, 0.1) is 16.1 Å². The van der Waals surface area contributed by atoms with Gasteiger partial charge in [-0.25, -0.2) is 13.2 Å². The normalized spacial score (nSPS) is 12.5. The number of rotatable bonds is 4. The lowest BCUT2D eigenvalue weighted by atomic mass is 9.98. The number of hydrogen-bond donors (Lipinski definition) is 1. The smallest absolute Gasteiger partial charge is 0.161 e. The minimum atomic E-state index is -1.22. The lowest BCUT2D eigenvalue weighted by molar-refractivity contribution is 0.481. The average molecular weight is 334 g/mol. The van der Waals surface area contributed by atoms with Gasteiger partial charge < -0.3 is 5.32 Å². The Morgan fingerprint density at radius 3 is 2.24 bits per heavy atom. The molecular weight excluding hydrogens is 322 g/mol. The van der Waals surface area contributed by atoms with Crippen LogP contribution < -0.4 is 5.32 Å². The van der Waals surface area contributed by atoms with E-state index in [2.05, 4.69) is 5.32 Å². The number of nitrogens with one attached hydrogen (secondary N) is 1. The molecule has 0 fully saturated rings. The van der Waals surface area contributed by atoms with Crippen LogP contribution in [0.25, 0.3) is 0 Å². The van der Waals surface area contributed by atoms with Crippen molar-refractivity contribution in [2.75, 3.05) is 6.54 Å². The van der Waals surface area contributed by atoms with Gasteiger partial charge >= 0.3 is 0 Å². The van der Waals surface area contributed by atoms with E-state index in [0.29, 0.717) is 28.2 Å². The summed E-state index contributed by atoms with van der Waals surface area (Å²) in [5, 5.41) is 3.69. The van der Waals surface area contributed by atoms with Crippen LogP contribution in [0.2, 0.25) is 10.0 Å². The zero-order valence-corrected chi connectivity index (χ0v) is 12.6. The predicted molar refractivity (Wildman–Crippen MR) is 78.3 cm³/mol. The minimum absolute atomic E-state index is 0.00846. The van der Waals surface area contributed by atoms with Gasteiger partial charge in [0.2, 0.25) is 0 Å². The summed E-state index contributed by atoms with van der Waals surface area (Å²) < 4.78 is 40.4. The van der Waals surface area contributed by atoms with Crippen molar-refractivity contribution >= 4 is 23.2 Å². The molecule has 2 aromatic carbocycles. The fraction of sp³-hybridized carbons (Fsp3) is 0.200. The van der Waals surface area contributed by atoms with Crippen LogP contribution in [-0.2, 0) is 0 Å². The van der Waals surface area contributed by atoms with Crippen molar-refractivity contribution in [1.82, 2.24) is 5.32 Å². The molecule has 1 nitrogen and oxygen atoms in total. The standard InChI is InChI=1S/C15H12Cl2F3N/c1-2-21-15(8-3-4-10(16)11(17)5-8)9-6-13(19)14(20)7-12(9)18/h3-7,15,21H,2H2,1H3. The summed E-state index contributed by atoms with van der Waals surface area (Å²) in [6.07, 6.45) is 0. The molecule has 0 saturated carbocycles. The van der Waals surface area contributed by atoms with Crippen LogP contribution in [0.4, 0.5) is 13.2 Å². The number of benzene rings is 2. The summed E-state index contributed by atoms with van der Waals surface area (Å²) in [7, 11) is 0. The summed E-state index contributed by atoms with van der Waals surface area (Å²) in [6.45, 7) is 2.33. The first-order valence-corrected chi connectivity index (χ1v) is 7.02. The van der Waals surface area contributed by atoms with Crippen molar-refractivity contribution in [3.8, 4) is 0 Å². The van der Waals surface area contributed by atoms with Crippen molar-refractivity contribution < 1.29 is 13.2 Å². The second kappa shape index (κ2) is 6.69. The van der Waals surface area contributed by atoms with E-state index in [9.17, 15) is 13.2 Å². The van der Waals surface area contributed by atoms with Crippen LogP contribution in [0.1, 0.15) is 24.1 Å². The predicted octanol–water partition coefficient (Wildman–Crippen LogP) is 5.11. The quantitative estimate of drug-likeness (QED) is 0.766. The summed E-state index contributed by atoms with van der Waals surface area (Å²) in [5.74, 6) is -3.15. The zero-order chi connectivity index (χ0) is 15.6. The monoisotopic (exact) mass is 333 g/mol. The van der Waals surface area contributed by atoms with Gasteiger partial charge in [-0.1, -0.05) is 36.2 Å². The Bertz CT molecular complexity index is 662. The van der Waals surface area contributed by atoms with Crippen LogP contribution in [-0.4, -0.2) is 6.54 Å². The van der Waals surface area contributed by atoms with E-state index < -0.39 is 23.5 Å². The van der Waals surface area contributed by atoms with Gasteiger partial charge in [-0.15, -0.1) is 0 Å². The van der Waals surface area contributed by atoms with Crippen molar-refractivity contribution in [3.63, 3.8) is 0 Å². The molecule has 0 aliphatic rings. The van der Waals surface area contributed by atoms with Crippen molar-refractivity contribution in [2.24, 2.45) is 0 Å². The fourth-order valence-corrected chi connectivity index (χ4v) is 2.37. The highest BCUT2D eigenvalue weighted by Crippen LogP contribution is 2.30. The molecule has 0 heterocycles. The van der Waals surface area contributed by atoms with Crippen molar-refractivity contribution in [3.05, 3.63) is 69.0 Å². The van der Waals surface area contributed by atoms with E-state index in [4.69, 9.17) is 23.2 Å². The van der Waals surface area contributed by atoms with Gasteiger partial charge in [0, 0.05) is 11.6 Å². The molecule has 0 amide bonds. The molecule has 0 saturated heterocycles. The van der Waals surface area contributed by atoms with Gasteiger partial charge in [-0.2, -0.15) is 0 Å². The Balaban J connectivity index is 2.52. The second-order valence-corrected chi connectivity index (χ2v) is 5.27. The fourth-order valence-electron chi connectivity index (χ4n) is 2.06. The topological polar surface area (TPSA) is 12.0 Å². The van der Waals surface area contributed by atoms with Crippen molar-refractivity contribution in [1.29, 1.82) is 0 Å². The highest BCUT2D eigenvalue weighted by molar-refractivity contribution is 6.42. The highest BCUT2D eigenvalue weighted by atomic mass is 35.5. The Kier molecular flexibility index (Phi) is 5.14.